The van der Waals surface area contributed by atoms with Crippen LogP contribution in [0, 0.1) is 0 Å². The van der Waals surface area contributed by atoms with Gasteiger partial charge in [0.1, 0.15) is 5.75 Å². The third-order valence-electron chi connectivity index (χ3n) is 3.27. The van der Waals surface area contributed by atoms with Crippen LogP contribution in [0.2, 0.25) is 0 Å². The standard InChI is InChI=1S/C16H26N2O3S/c1-19-12-10-18(11-13-20-2)16(22)17-9-8-14-4-6-15(21-3)7-5-14/h4-7H,8-13H2,1-3H3,(H,17,22). The molecule has 0 aliphatic rings. The van der Waals surface area contributed by atoms with Gasteiger partial charge < -0.3 is 24.4 Å². The molecule has 0 bridgehead atoms. The third-order valence-corrected chi connectivity index (χ3v) is 3.67. The Morgan fingerprint density at radius 1 is 1.05 bits per heavy atom. The number of nitrogens with zero attached hydrogens (tertiary/aromatic N) is 1. The summed E-state index contributed by atoms with van der Waals surface area (Å²) >= 11 is 5.44. The minimum atomic E-state index is 0.643. The minimum Gasteiger partial charge on any atom is -0.497 e. The smallest absolute Gasteiger partial charge is 0.169 e. The summed E-state index contributed by atoms with van der Waals surface area (Å²) < 4.78 is 15.4. The first kappa shape index (κ1) is 18.7. The number of hydrogen-bond acceptors (Lipinski definition) is 4. The Balaban J connectivity index is 2.37. The molecule has 1 rings (SSSR count). The molecule has 22 heavy (non-hydrogen) atoms. The molecule has 124 valence electrons. The van der Waals surface area contributed by atoms with Crippen molar-refractivity contribution in [2.75, 3.05) is 54.2 Å². The maximum atomic E-state index is 5.44. The lowest BCUT2D eigenvalue weighted by molar-refractivity contribution is 0.146. The van der Waals surface area contributed by atoms with Crippen LogP contribution in [-0.2, 0) is 15.9 Å². The van der Waals surface area contributed by atoms with Crippen LogP contribution in [-0.4, -0.2) is 64.2 Å². The summed E-state index contributed by atoms with van der Waals surface area (Å²) in [6, 6.07) is 8.07. The summed E-state index contributed by atoms with van der Waals surface area (Å²) in [4.78, 5) is 2.07. The van der Waals surface area contributed by atoms with Crippen molar-refractivity contribution < 1.29 is 14.2 Å². The topological polar surface area (TPSA) is 43.0 Å². The molecule has 0 fully saturated rings. The van der Waals surface area contributed by atoms with Crippen molar-refractivity contribution in [3.05, 3.63) is 29.8 Å². The number of benzene rings is 1. The van der Waals surface area contributed by atoms with Gasteiger partial charge in [0.2, 0.25) is 0 Å². The molecule has 0 aromatic heterocycles. The molecular formula is C16H26N2O3S. The summed E-state index contributed by atoms with van der Waals surface area (Å²) in [6.45, 7) is 3.60. The van der Waals surface area contributed by atoms with Crippen LogP contribution in [0.1, 0.15) is 5.56 Å². The second-order valence-electron chi connectivity index (χ2n) is 4.80. The summed E-state index contributed by atoms with van der Waals surface area (Å²) in [5.74, 6) is 0.873. The van der Waals surface area contributed by atoms with Crippen LogP contribution in [0.4, 0.5) is 0 Å². The fourth-order valence-corrected chi connectivity index (χ4v) is 2.22. The van der Waals surface area contributed by atoms with Gasteiger partial charge in [-0.1, -0.05) is 12.1 Å². The highest BCUT2D eigenvalue weighted by molar-refractivity contribution is 7.80. The van der Waals surface area contributed by atoms with Crippen molar-refractivity contribution in [1.29, 1.82) is 0 Å². The van der Waals surface area contributed by atoms with E-state index < -0.39 is 0 Å². The molecule has 6 heteroatoms. The Kier molecular flexibility index (Phi) is 9.54. The molecule has 0 atom stereocenters. The van der Waals surface area contributed by atoms with Gasteiger partial charge in [0, 0.05) is 33.9 Å². The molecule has 0 saturated carbocycles. The van der Waals surface area contributed by atoms with Gasteiger partial charge in [-0.3, -0.25) is 0 Å². The van der Waals surface area contributed by atoms with Crippen LogP contribution in [0.25, 0.3) is 0 Å². The van der Waals surface area contributed by atoms with Gasteiger partial charge in [-0.05, 0) is 36.3 Å². The van der Waals surface area contributed by atoms with Crippen molar-refractivity contribution in [3.8, 4) is 5.75 Å². The zero-order valence-electron chi connectivity index (χ0n) is 13.6. The quantitative estimate of drug-likeness (QED) is 0.660. The Hall–Kier alpha value is -1.37. The number of thiocarbonyl (C=S) groups is 1. The predicted molar refractivity (Wildman–Crippen MR) is 92.6 cm³/mol. The highest BCUT2D eigenvalue weighted by Gasteiger charge is 2.08. The molecule has 0 unspecified atom stereocenters. The van der Waals surface area contributed by atoms with Crippen LogP contribution < -0.4 is 10.1 Å². The van der Waals surface area contributed by atoms with E-state index in [-0.39, 0.29) is 0 Å². The molecule has 0 aliphatic carbocycles. The van der Waals surface area contributed by atoms with E-state index in [0.29, 0.717) is 13.2 Å². The lowest BCUT2D eigenvalue weighted by Gasteiger charge is -2.25. The van der Waals surface area contributed by atoms with Gasteiger partial charge in [0.15, 0.2) is 5.11 Å². The van der Waals surface area contributed by atoms with Gasteiger partial charge in [-0.2, -0.15) is 0 Å². The fourth-order valence-electron chi connectivity index (χ4n) is 1.94. The van der Waals surface area contributed by atoms with E-state index in [1.807, 2.05) is 12.1 Å². The van der Waals surface area contributed by atoms with E-state index in [0.717, 1.165) is 36.9 Å². The minimum absolute atomic E-state index is 0.643. The first-order valence-electron chi connectivity index (χ1n) is 7.34. The number of methoxy groups -OCH3 is 3. The van der Waals surface area contributed by atoms with Gasteiger partial charge >= 0.3 is 0 Å². The molecule has 1 aromatic rings. The van der Waals surface area contributed by atoms with E-state index in [1.165, 1.54) is 5.56 Å². The maximum absolute atomic E-state index is 5.44. The van der Waals surface area contributed by atoms with Crippen molar-refractivity contribution in [1.82, 2.24) is 10.2 Å². The van der Waals surface area contributed by atoms with Crippen LogP contribution >= 0.6 is 12.2 Å². The number of rotatable bonds is 10. The molecule has 0 saturated heterocycles. The molecule has 0 amide bonds. The second kappa shape index (κ2) is 11.2. The fraction of sp³-hybridized carbons (Fsp3) is 0.562. The summed E-state index contributed by atoms with van der Waals surface area (Å²) in [7, 11) is 5.05. The van der Waals surface area contributed by atoms with E-state index in [4.69, 9.17) is 26.4 Å². The molecule has 0 radical (unpaired) electrons. The molecule has 0 heterocycles. The van der Waals surface area contributed by atoms with Gasteiger partial charge in [0.25, 0.3) is 0 Å². The summed E-state index contributed by atoms with van der Waals surface area (Å²) in [5, 5.41) is 4.03. The number of nitrogens with one attached hydrogen (secondary N) is 1. The second-order valence-corrected chi connectivity index (χ2v) is 5.19. The van der Waals surface area contributed by atoms with E-state index in [9.17, 15) is 0 Å². The monoisotopic (exact) mass is 326 g/mol. The van der Waals surface area contributed by atoms with E-state index in [1.54, 1.807) is 21.3 Å². The zero-order valence-corrected chi connectivity index (χ0v) is 14.4. The zero-order chi connectivity index (χ0) is 16.2. The van der Waals surface area contributed by atoms with Crippen molar-refractivity contribution >= 4 is 17.3 Å². The van der Waals surface area contributed by atoms with Crippen LogP contribution in [0.15, 0.2) is 24.3 Å². The van der Waals surface area contributed by atoms with Gasteiger partial charge in [-0.25, -0.2) is 0 Å². The molecule has 0 spiro atoms. The number of ether oxygens (including phenoxy) is 3. The van der Waals surface area contributed by atoms with E-state index >= 15 is 0 Å². The van der Waals surface area contributed by atoms with Crippen molar-refractivity contribution in [2.24, 2.45) is 0 Å². The molecule has 0 aliphatic heterocycles. The van der Waals surface area contributed by atoms with E-state index in [2.05, 4.69) is 22.3 Å². The first-order valence-corrected chi connectivity index (χ1v) is 7.75. The maximum Gasteiger partial charge on any atom is 0.169 e. The van der Waals surface area contributed by atoms with Crippen molar-refractivity contribution in [2.45, 2.75) is 6.42 Å². The Morgan fingerprint density at radius 2 is 1.64 bits per heavy atom. The summed E-state index contributed by atoms with van der Waals surface area (Å²) in [6.07, 6.45) is 0.909. The first-order chi connectivity index (χ1) is 10.7. The summed E-state index contributed by atoms with van der Waals surface area (Å²) in [5.41, 5.74) is 1.25. The van der Waals surface area contributed by atoms with Gasteiger partial charge in [-0.15, -0.1) is 0 Å². The molecular weight excluding hydrogens is 300 g/mol. The molecule has 5 nitrogen and oxygen atoms in total. The molecule has 1 aromatic carbocycles. The largest absolute Gasteiger partial charge is 0.497 e. The lowest BCUT2D eigenvalue weighted by Crippen LogP contribution is -2.43. The normalized spacial score (nSPS) is 10.3. The van der Waals surface area contributed by atoms with Gasteiger partial charge in [0.05, 0.1) is 20.3 Å². The highest BCUT2D eigenvalue weighted by atomic mass is 32.1. The molecule has 1 N–H and O–H groups in total. The average molecular weight is 326 g/mol. The SMILES string of the molecule is COCCN(CCOC)C(=S)NCCc1ccc(OC)cc1. The third kappa shape index (κ3) is 7.06. The average Bonchev–Trinajstić information content (AvgIpc) is 2.55. The Bertz CT molecular complexity index is 418. The van der Waals surface area contributed by atoms with Crippen molar-refractivity contribution in [3.63, 3.8) is 0 Å². The lowest BCUT2D eigenvalue weighted by atomic mass is 10.1. The van der Waals surface area contributed by atoms with Crippen LogP contribution in [0.5, 0.6) is 5.75 Å². The predicted octanol–water partition coefficient (Wildman–Crippen LogP) is 1.71. The van der Waals surface area contributed by atoms with Crippen LogP contribution in [0.3, 0.4) is 0 Å². The highest BCUT2D eigenvalue weighted by Crippen LogP contribution is 2.11. The Labute approximate surface area is 138 Å². The Morgan fingerprint density at radius 3 is 2.14 bits per heavy atom. The number of hydrogen-bond donors (Lipinski definition) is 1.